The summed E-state index contributed by atoms with van der Waals surface area (Å²) in [5, 5.41) is 1.32. The lowest BCUT2D eigenvalue weighted by atomic mass is 10.0. The predicted molar refractivity (Wildman–Crippen MR) is 148 cm³/mol. The van der Waals surface area contributed by atoms with Crippen molar-refractivity contribution in [3.63, 3.8) is 0 Å². The van der Waals surface area contributed by atoms with Gasteiger partial charge >= 0.3 is 0 Å². The highest BCUT2D eigenvalue weighted by atomic mass is 32.2. The van der Waals surface area contributed by atoms with Gasteiger partial charge in [-0.05, 0) is 44.1 Å². The third-order valence-corrected chi connectivity index (χ3v) is 6.29. The van der Waals surface area contributed by atoms with Gasteiger partial charge in [-0.25, -0.2) is 9.30 Å². The summed E-state index contributed by atoms with van der Waals surface area (Å²) in [6.07, 6.45) is 3.32. The van der Waals surface area contributed by atoms with Crippen LogP contribution >= 0.6 is 12.1 Å². The molecule has 176 valence electrons. The monoisotopic (exact) mass is 470 g/mol. The fraction of sp³-hybridized carbons (Fsp3) is 0.276. The normalized spacial score (nSPS) is 11.5. The fourth-order valence-electron chi connectivity index (χ4n) is 4.15. The second-order valence-corrected chi connectivity index (χ2v) is 10.3. The second-order valence-electron chi connectivity index (χ2n) is 9.14. The lowest BCUT2D eigenvalue weighted by Crippen LogP contribution is -2.15. The molecule has 4 aromatic rings. The number of benzene rings is 3. The molecule has 34 heavy (non-hydrogen) atoms. The highest BCUT2D eigenvalue weighted by Crippen LogP contribution is 2.28. The van der Waals surface area contributed by atoms with Crippen LogP contribution in [0.25, 0.3) is 10.9 Å². The maximum absolute atomic E-state index is 5.16. The zero-order valence-electron chi connectivity index (χ0n) is 20.5. The Labute approximate surface area is 208 Å². The van der Waals surface area contributed by atoms with E-state index in [0.717, 1.165) is 42.0 Å². The van der Waals surface area contributed by atoms with Crippen LogP contribution in [-0.4, -0.2) is 35.2 Å². The first kappa shape index (κ1) is 24.3. The highest BCUT2D eigenvalue weighted by Gasteiger charge is 2.12. The second kappa shape index (κ2) is 11.5. The summed E-state index contributed by atoms with van der Waals surface area (Å²) in [6.45, 7) is 6.46. The summed E-state index contributed by atoms with van der Waals surface area (Å²) in [4.78, 5) is 5.16. The van der Waals surface area contributed by atoms with Crippen molar-refractivity contribution in [2.45, 2.75) is 26.8 Å². The number of nitrogens with one attached hydrogen (secondary N) is 1. The van der Waals surface area contributed by atoms with E-state index in [-0.39, 0.29) is 0 Å². The van der Waals surface area contributed by atoms with Crippen molar-refractivity contribution in [2.24, 2.45) is 10.9 Å². The van der Waals surface area contributed by atoms with Gasteiger partial charge in [0.1, 0.15) is 0 Å². The molecule has 0 bridgehead atoms. The summed E-state index contributed by atoms with van der Waals surface area (Å²) in [7, 11) is 4.10. The zero-order chi connectivity index (χ0) is 23.9. The molecule has 3 aromatic carbocycles. The molecule has 0 atom stereocenters. The Morgan fingerprint density at radius 3 is 2.18 bits per heavy atom. The van der Waals surface area contributed by atoms with Crippen LogP contribution in [-0.2, 0) is 13.0 Å². The standard InChI is InChI=1S/C29H34N4S/c1-22(2)20-33-21-25(17-18-30-34-32(3)4)27-16-15-26(19-28(27)33)31-29(23-11-7-5-8-12-23)24-13-9-6-10-14-24/h5-16,19,21-22,30H,17-18,20H2,1-4H3. The molecule has 5 heteroatoms. The van der Waals surface area contributed by atoms with Crippen LogP contribution in [0.15, 0.2) is 90.1 Å². The molecular formula is C29H34N4S. The lowest BCUT2D eigenvalue weighted by molar-refractivity contribution is 0.534. The molecule has 1 aromatic heterocycles. The van der Waals surface area contributed by atoms with Gasteiger partial charge in [0.25, 0.3) is 0 Å². The van der Waals surface area contributed by atoms with E-state index in [4.69, 9.17) is 4.99 Å². The number of nitrogens with zero attached hydrogens (tertiary/aromatic N) is 3. The van der Waals surface area contributed by atoms with Crippen LogP contribution in [0.4, 0.5) is 5.69 Å². The lowest BCUT2D eigenvalue weighted by Gasteiger charge is -2.10. The summed E-state index contributed by atoms with van der Waals surface area (Å²) in [6, 6.07) is 27.5. The molecule has 0 spiro atoms. The van der Waals surface area contributed by atoms with Crippen molar-refractivity contribution in [2.75, 3.05) is 20.6 Å². The van der Waals surface area contributed by atoms with Crippen LogP contribution in [0, 0.1) is 5.92 Å². The maximum Gasteiger partial charge on any atom is 0.0781 e. The van der Waals surface area contributed by atoms with Crippen LogP contribution in [0.2, 0.25) is 0 Å². The first-order valence-corrected chi connectivity index (χ1v) is 12.7. The topological polar surface area (TPSA) is 32.6 Å². The Kier molecular flexibility index (Phi) is 8.22. The highest BCUT2D eigenvalue weighted by molar-refractivity contribution is 7.95. The molecule has 4 rings (SSSR count). The van der Waals surface area contributed by atoms with Gasteiger partial charge in [-0.1, -0.05) is 80.6 Å². The Morgan fingerprint density at radius 1 is 0.941 bits per heavy atom. The van der Waals surface area contributed by atoms with Crippen molar-refractivity contribution in [3.8, 4) is 0 Å². The van der Waals surface area contributed by atoms with Crippen molar-refractivity contribution >= 4 is 34.4 Å². The maximum atomic E-state index is 5.16. The third kappa shape index (κ3) is 6.17. The van der Waals surface area contributed by atoms with E-state index in [0.29, 0.717) is 5.92 Å². The van der Waals surface area contributed by atoms with E-state index in [2.05, 4.69) is 100 Å². The number of aromatic nitrogens is 1. The number of hydrogen-bond acceptors (Lipinski definition) is 4. The predicted octanol–water partition coefficient (Wildman–Crippen LogP) is 6.72. The molecule has 0 unspecified atom stereocenters. The number of aliphatic imine (C=N–C) groups is 1. The van der Waals surface area contributed by atoms with Gasteiger partial charge in [0.05, 0.1) is 16.9 Å². The van der Waals surface area contributed by atoms with Gasteiger partial charge in [-0.15, -0.1) is 0 Å². The molecule has 4 nitrogen and oxygen atoms in total. The van der Waals surface area contributed by atoms with Gasteiger partial charge in [0, 0.05) is 47.9 Å². The first-order valence-electron chi connectivity index (χ1n) is 11.9. The smallest absolute Gasteiger partial charge is 0.0781 e. The molecule has 0 fully saturated rings. The van der Waals surface area contributed by atoms with E-state index in [9.17, 15) is 0 Å². The zero-order valence-corrected chi connectivity index (χ0v) is 21.3. The average molecular weight is 471 g/mol. The van der Waals surface area contributed by atoms with Crippen molar-refractivity contribution in [3.05, 3.63) is 102 Å². The van der Waals surface area contributed by atoms with Crippen LogP contribution in [0.3, 0.4) is 0 Å². The van der Waals surface area contributed by atoms with Crippen LogP contribution < -0.4 is 4.72 Å². The molecule has 0 radical (unpaired) electrons. The molecule has 0 saturated heterocycles. The van der Waals surface area contributed by atoms with Crippen molar-refractivity contribution in [1.29, 1.82) is 0 Å². The average Bonchev–Trinajstić information content (AvgIpc) is 3.17. The fourth-order valence-corrected chi connectivity index (χ4v) is 4.60. The van der Waals surface area contributed by atoms with Gasteiger partial charge in [0.15, 0.2) is 0 Å². The van der Waals surface area contributed by atoms with Crippen LogP contribution in [0.1, 0.15) is 30.5 Å². The Hall–Kier alpha value is -2.86. The molecule has 0 amide bonds. The Morgan fingerprint density at radius 2 is 1.59 bits per heavy atom. The largest absolute Gasteiger partial charge is 0.347 e. The molecular weight excluding hydrogens is 436 g/mol. The molecule has 0 aliphatic carbocycles. The third-order valence-electron chi connectivity index (χ3n) is 5.59. The van der Waals surface area contributed by atoms with Gasteiger partial charge < -0.3 is 4.57 Å². The van der Waals surface area contributed by atoms with E-state index < -0.39 is 0 Å². The van der Waals surface area contributed by atoms with Crippen molar-refractivity contribution < 1.29 is 0 Å². The van der Waals surface area contributed by atoms with E-state index >= 15 is 0 Å². The summed E-state index contributed by atoms with van der Waals surface area (Å²) in [5.74, 6) is 0.572. The Bertz CT molecular complexity index is 1190. The minimum absolute atomic E-state index is 0.572. The summed E-state index contributed by atoms with van der Waals surface area (Å²) in [5.41, 5.74) is 6.85. The summed E-state index contributed by atoms with van der Waals surface area (Å²) >= 11 is 1.64. The van der Waals surface area contributed by atoms with E-state index in [1.54, 1.807) is 12.1 Å². The van der Waals surface area contributed by atoms with Gasteiger partial charge in [-0.3, -0.25) is 4.72 Å². The van der Waals surface area contributed by atoms with Crippen LogP contribution in [0.5, 0.6) is 0 Å². The number of fused-ring (bicyclic) bond motifs is 1. The minimum Gasteiger partial charge on any atom is -0.347 e. The molecule has 0 aliphatic rings. The number of rotatable bonds is 10. The molecule has 0 aliphatic heterocycles. The van der Waals surface area contributed by atoms with Gasteiger partial charge in [-0.2, -0.15) is 0 Å². The Balaban J connectivity index is 1.73. The quantitative estimate of drug-likeness (QED) is 0.159. The van der Waals surface area contributed by atoms with E-state index in [1.165, 1.54) is 16.5 Å². The van der Waals surface area contributed by atoms with Crippen molar-refractivity contribution in [1.82, 2.24) is 13.6 Å². The minimum atomic E-state index is 0.572. The van der Waals surface area contributed by atoms with Gasteiger partial charge in [0.2, 0.25) is 0 Å². The first-order chi connectivity index (χ1) is 16.5. The number of hydrogen-bond donors (Lipinski definition) is 1. The molecule has 1 heterocycles. The molecule has 0 saturated carbocycles. The summed E-state index contributed by atoms with van der Waals surface area (Å²) < 4.78 is 7.91. The molecule has 1 N–H and O–H groups in total. The SMILES string of the molecule is CC(C)Cn1cc(CCNSN(C)C)c2ccc(N=C(c3ccccc3)c3ccccc3)cc21. The van der Waals surface area contributed by atoms with E-state index in [1.807, 2.05) is 26.2 Å².